The lowest BCUT2D eigenvalue weighted by Gasteiger charge is -2.17. The van der Waals surface area contributed by atoms with Gasteiger partial charge >= 0.3 is 0 Å². The second kappa shape index (κ2) is 6.42. The standard InChI is InChI=1S/C17H28N2/c1-3-9-17(10-11-17)13-19-12-8-14(2)15-4-6-16(18)7-5-15/h4-7,14,19H,3,8-13,18H2,1-2H3. The van der Waals surface area contributed by atoms with Crippen LogP contribution in [0.3, 0.4) is 0 Å². The topological polar surface area (TPSA) is 38.0 Å². The van der Waals surface area contributed by atoms with Crippen LogP contribution in [-0.4, -0.2) is 13.1 Å². The van der Waals surface area contributed by atoms with Crippen LogP contribution in [0.1, 0.15) is 57.4 Å². The Kier molecular flexibility index (Phi) is 4.87. The summed E-state index contributed by atoms with van der Waals surface area (Å²) >= 11 is 0. The molecule has 1 saturated carbocycles. The minimum atomic E-state index is 0.606. The second-order valence-corrected chi connectivity index (χ2v) is 6.28. The number of hydrogen-bond donors (Lipinski definition) is 2. The monoisotopic (exact) mass is 260 g/mol. The van der Waals surface area contributed by atoms with Crippen molar-refractivity contribution in [2.24, 2.45) is 5.41 Å². The number of rotatable bonds is 8. The number of nitrogen functional groups attached to an aromatic ring is 1. The summed E-state index contributed by atoms with van der Waals surface area (Å²) in [5, 5.41) is 3.66. The fraction of sp³-hybridized carbons (Fsp3) is 0.647. The van der Waals surface area contributed by atoms with Gasteiger partial charge in [-0.1, -0.05) is 32.4 Å². The molecule has 0 bridgehead atoms. The van der Waals surface area contributed by atoms with E-state index in [0.29, 0.717) is 11.3 Å². The summed E-state index contributed by atoms with van der Waals surface area (Å²) in [6, 6.07) is 8.30. The highest BCUT2D eigenvalue weighted by atomic mass is 14.9. The SMILES string of the molecule is CCCC1(CNCCC(C)c2ccc(N)cc2)CC1. The number of nitrogens with one attached hydrogen (secondary N) is 1. The smallest absolute Gasteiger partial charge is 0.0314 e. The molecular formula is C17H28N2. The van der Waals surface area contributed by atoms with E-state index in [1.807, 2.05) is 12.1 Å². The molecule has 1 fully saturated rings. The normalized spacial score (nSPS) is 18.2. The molecule has 1 aromatic rings. The van der Waals surface area contributed by atoms with Crippen LogP contribution in [0.25, 0.3) is 0 Å². The summed E-state index contributed by atoms with van der Waals surface area (Å²) in [6.07, 6.45) is 6.78. The average molecular weight is 260 g/mol. The van der Waals surface area contributed by atoms with Crippen LogP contribution in [0.2, 0.25) is 0 Å². The summed E-state index contributed by atoms with van der Waals surface area (Å²) in [6.45, 7) is 6.93. The van der Waals surface area contributed by atoms with Gasteiger partial charge in [0.25, 0.3) is 0 Å². The lowest BCUT2D eigenvalue weighted by molar-refractivity contribution is 0.416. The zero-order valence-electron chi connectivity index (χ0n) is 12.4. The van der Waals surface area contributed by atoms with Crippen LogP contribution in [0.5, 0.6) is 0 Å². The first kappa shape index (κ1) is 14.4. The average Bonchev–Trinajstić information content (AvgIpc) is 3.16. The van der Waals surface area contributed by atoms with E-state index in [-0.39, 0.29) is 0 Å². The zero-order chi connectivity index (χ0) is 13.7. The lowest BCUT2D eigenvalue weighted by atomic mass is 9.97. The molecule has 1 aromatic carbocycles. The Labute approximate surface area is 117 Å². The van der Waals surface area contributed by atoms with Crippen LogP contribution in [0, 0.1) is 5.41 Å². The van der Waals surface area contributed by atoms with Crippen molar-refractivity contribution in [1.29, 1.82) is 0 Å². The third-order valence-corrected chi connectivity index (χ3v) is 4.50. The maximum Gasteiger partial charge on any atom is 0.0314 e. The second-order valence-electron chi connectivity index (χ2n) is 6.28. The van der Waals surface area contributed by atoms with E-state index < -0.39 is 0 Å². The number of nitrogens with two attached hydrogens (primary N) is 1. The third-order valence-electron chi connectivity index (χ3n) is 4.50. The quantitative estimate of drug-likeness (QED) is 0.549. The number of anilines is 1. The summed E-state index contributed by atoms with van der Waals surface area (Å²) in [7, 11) is 0. The van der Waals surface area contributed by atoms with Gasteiger partial charge in [0.05, 0.1) is 0 Å². The van der Waals surface area contributed by atoms with Crippen molar-refractivity contribution in [2.75, 3.05) is 18.8 Å². The van der Waals surface area contributed by atoms with Gasteiger partial charge in [-0.25, -0.2) is 0 Å². The summed E-state index contributed by atoms with van der Waals surface area (Å²) in [4.78, 5) is 0. The Balaban J connectivity index is 1.67. The van der Waals surface area contributed by atoms with Gasteiger partial charge in [0.15, 0.2) is 0 Å². The molecule has 2 rings (SSSR count). The molecule has 0 spiro atoms. The third kappa shape index (κ3) is 4.24. The number of benzene rings is 1. The molecule has 0 amide bonds. The maximum absolute atomic E-state index is 5.72. The van der Waals surface area contributed by atoms with Gasteiger partial charge in [-0.3, -0.25) is 0 Å². The molecule has 2 heteroatoms. The van der Waals surface area contributed by atoms with Gasteiger partial charge in [-0.2, -0.15) is 0 Å². The highest BCUT2D eigenvalue weighted by molar-refractivity contribution is 5.40. The van der Waals surface area contributed by atoms with Gasteiger partial charge in [0, 0.05) is 12.2 Å². The van der Waals surface area contributed by atoms with Crippen molar-refractivity contribution in [3.8, 4) is 0 Å². The van der Waals surface area contributed by atoms with E-state index in [0.717, 1.165) is 12.2 Å². The Morgan fingerprint density at radius 1 is 1.26 bits per heavy atom. The molecule has 106 valence electrons. The first-order valence-corrected chi connectivity index (χ1v) is 7.71. The summed E-state index contributed by atoms with van der Waals surface area (Å²) in [5.41, 5.74) is 8.63. The van der Waals surface area contributed by atoms with Gasteiger partial charge in [0.2, 0.25) is 0 Å². The van der Waals surface area contributed by atoms with Crippen molar-refractivity contribution < 1.29 is 0 Å². The van der Waals surface area contributed by atoms with Crippen molar-refractivity contribution in [3.63, 3.8) is 0 Å². The Bertz CT molecular complexity index is 379. The van der Waals surface area contributed by atoms with Gasteiger partial charge in [-0.15, -0.1) is 0 Å². The molecule has 2 nitrogen and oxygen atoms in total. The maximum atomic E-state index is 5.72. The summed E-state index contributed by atoms with van der Waals surface area (Å²) < 4.78 is 0. The fourth-order valence-electron chi connectivity index (χ4n) is 2.89. The molecule has 0 aromatic heterocycles. The molecule has 19 heavy (non-hydrogen) atoms. The van der Waals surface area contributed by atoms with Crippen LogP contribution in [0.4, 0.5) is 5.69 Å². The number of hydrogen-bond acceptors (Lipinski definition) is 2. The molecule has 1 aliphatic carbocycles. The molecule has 3 N–H and O–H groups in total. The van der Waals surface area contributed by atoms with Crippen molar-refractivity contribution in [1.82, 2.24) is 5.32 Å². The highest BCUT2D eigenvalue weighted by Gasteiger charge is 2.40. The Hall–Kier alpha value is -1.02. The van der Waals surface area contributed by atoms with Gasteiger partial charge in [-0.05, 0) is 61.3 Å². The van der Waals surface area contributed by atoms with E-state index in [1.165, 1.54) is 44.2 Å². The molecule has 0 saturated heterocycles. The minimum absolute atomic E-state index is 0.606. The Morgan fingerprint density at radius 3 is 2.53 bits per heavy atom. The molecule has 1 atom stereocenters. The van der Waals surface area contributed by atoms with Crippen molar-refractivity contribution in [2.45, 2.75) is 51.9 Å². The van der Waals surface area contributed by atoms with Crippen molar-refractivity contribution in [3.05, 3.63) is 29.8 Å². The summed E-state index contributed by atoms with van der Waals surface area (Å²) in [5.74, 6) is 0.606. The molecule has 1 unspecified atom stereocenters. The van der Waals surface area contributed by atoms with E-state index in [2.05, 4.69) is 31.3 Å². The minimum Gasteiger partial charge on any atom is -0.399 e. The molecule has 0 aliphatic heterocycles. The van der Waals surface area contributed by atoms with Crippen LogP contribution in [-0.2, 0) is 0 Å². The highest BCUT2D eigenvalue weighted by Crippen LogP contribution is 2.48. The molecular weight excluding hydrogens is 232 g/mol. The van der Waals surface area contributed by atoms with Gasteiger partial charge < -0.3 is 11.1 Å². The Morgan fingerprint density at radius 2 is 1.95 bits per heavy atom. The zero-order valence-corrected chi connectivity index (χ0v) is 12.4. The predicted octanol–water partition coefficient (Wildman–Crippen LogP) is 3.93. The molecule has 1 aliphatic rings. The van der Waals surface area contributed by atoms with E-state index in [4.69, 9.17) is 5.73 Å². The lowest BCUT2D eigenvalue weighted by Crippen LogP contribution is -2.25. The molecule has 0 radical (unpaired) electrons. The first-order chi connectivity index (χ1) is 9.15. The largest absolute Gasteiger partial charge is 0.399 e. The van der Waals surface area contributed by atoms with E-state index in [9.17, 15) is 0 Å². The van der Waals surface area contributed by atoms with Crippen molar-refractivity contribution >= 4 is 5.69 Å². The van der Waals surface area contributed by atoms with E-state index >= 15 is 0 Å². The predicted molar refractivity (Wildman–Crippen MR) is 83.3 cm³/mol. The van der Waals surface area contributed by atoms with E-state index in [1.54, 1.807) is 0 Å². The molecule has 0 heterocycles. The first-order valence-electron chi connectivity index (χ1n) is 7.71. The fourth-order valence-corrected chi connectivity index (χ4v) is 2.89. The van der Waals surface area contributed by atoms with Crippen LogP contribution < -0.4 is 11.1 Å². The van der Waals surface area contributed by atoms with Gasteiger partial charge in [0.1, 0.15) is 0 Å². The van der Waals surface area contributed by atoms with Crippen LogP contribution in [0.15, 0.2) is 24.3 Å². The van der Waals surface area contributed by atoms with Crippen LogP contribution >= 0.6 is 0 Å².